The smallest absolute Gasteiger partial charge is 0.416 e. The molecule has 0 aliphatic carbocycles. The van der Waals surface area contributed by atoms with Gasteiger partial charge in [-0.3, -0.25) is 19.5 Å². The topological polar surface area (TPSA) is 101 Å². The minimum Gasteiger partial charge on any atom is -0.475 e. The van der Waals surface area contributed by atoms with E-state index in [0.717, 1.165) is 7.11 Å². The molecule has 0 aliphatic rings. The van der Waals surface area contributed by atoms with Crippen LogP contribution in [0.2, 0.25) is 0 Å². The average molecular weight is 390 g/mol. The lowest BCUT2D eigenvalue weighted by atomic mass is 10.2. The van der Waals surface area contributed by atoms with Gasteiger partial charge in [-0.15, -0.1) is 0 Å². The van der Waals surface area contributed by atoms with E-state index in [4.69, 9.17) is 4.74 Å². The fourth-order valence-electron chi connectivity index (χ4n) is 2.03. The van der Waals surface area contributed by atoms with Gasteiger partial charge in [0.1, 0.15) is 0 Å². The monoisotopic (exact) mass is 390 g/mol. The lowest BCUT2D eigenvalue weighted by Gasteiger charge is -2.12. The number of carbonyl (C=O) groups is 1. The van der Waals surface area contributed by atoms with Gasteiger partial charge < -0.3 is 9.47 Å². The second kappa shape index (κ2) is 7.43. The molecule has 0 atom stereocenters. The van der Waals surface area contributed by atoms with Crippen molar-refractivity contribution in [2.24, 2.45) is 0 Å². The van der Waals surface area contributed by atoms with E-state index in [1.54, 1.807) is 0 Å². The van der Waals surface area contributed by atoms with Gasteiger partial charge in [0.2, 0.25) is 5.75 Å². The van der Waals surface area contributed by atoms with Gasteiger partial charge in [0.25, 0.3) is 5.56 Å². The molecule has 2 rings (SSSR count). The summed E-state index contributed by atoms with van der Waals surface area (Å²) in [5.41, 5.74) is -3.97. The zero-order chi connectivity index (χ0) is 20.4. The number of esters is 1. The summed E-state index contributed by atoms with van der Waals surface area (Å²) in [5.74, 6) is -2.69. The number of alkyl halides is 3. The van der Waals surface area contributed by atoms with Gasteiger partial charge in [-0.2, -0.15) is 13.2 Å². The fraction of sp³-hybridized carbons (Fsp3) is 0.200. The zero-order valence-electron chi connectivity index (χ0n) is 13.4. The minimum absolute atomic E-state index is 0.229. The Labute approximate surface area is 147 Å². The number of rotatable bonds is 5. The number of nitrogens with zero attached hydrogens (tertiary/aromatic N) is 2. The van der Waals surface area contributed by atoms with Crippen LogP contribution in [-0.4, -0.2) is 29.2 Å². The molecule has 12 heteroatoms. The van der Waals surface area contributed by atoms with Crippen molar-refractivity contribution < 1.29 is 36.8 Å². The summed E-state index contributed by atoms with van der Waals surface area (Å²) in [6.07, 6.45) is -4.14. The van der Waals surface area contributed by atoms with Crippen molar-refractivity contribution in [2.45, 2.75) is 6.18 Å². The molecule has 1 aromatic heterocycles. The first-order valence-corrected chi connectivity index (χ1v) is 7.02. The molecule has 0 fully saturated rings. The summed E-state index contributed by atoms with van der Waals surface area (Å²) >= 11 is 0. The Morgan fingerprint density at radius 2 is 1.96 bits per heavy atom. The van der Waals surface area contributed by atoms with Crippen LogP contribution in [-0.2, 0) is 15.7 Å². The standard InChI is InChI=1S/C15H10F4N2O6/c1-26-14(23)7-27-12-5-9(16)10(6-11(12)21(24)25)20-3-2-8(4-13(20)22)15(17,18)19/h2-6H,7H2,1H3. The number of carbonyl (C=O) groups excluding carboxylic acids is 1. The Morgan fingerprint density at radius 1 is 1.30 bits per heavy atom. The van der Waals surface area contributed by atoms with E-state index in [9.17, 15) is 37.3 Å². The number of benzene rings is 1. The van der Waals surface area contributed by atoms with Gasteiger partial charge in [-0.1, -0.05) is 0 Å². The predicted octanol–water partition coefficient (Wildman–Crippen LogP) is 2.46. The van der Waals surface area contributed by atoms with Crippen molar-refractivity contribution in [3.05, 3.63) is 62.3 Å². The van der Waals surface area contributed by atoms with Crippen LogP contribution in [0.15, 0.2) is 35.3 Å². The summed E-state index contributed by atoms with van der Waals surface area (Å²) < 4.78 is 61.7. The highest BCUT2D eigenvalue weighted by atomic mass is 19.4. The first kappa shape index (κ1) is 19.9. The molecular formula is C15H10F4N2O6. The Balaban J connectivity index is 2.53. The summed E-state index contributed by atoms with van der Waals surface area (Å²) in [6.45, 7) is -0.740. The van der Waals surface area contributed by atoms with E-state index in [2.05, 4.69) is 4.74 Å². The molecule has 8 nitrogen and oxygen atoms in total. The molecule has 0 saturated carbocycles. The summed E-state index contributed by atoms with van der Waals surface area (Å²) in [7, 11) is 1.04. The van der Waals surface area contributed by atoms with E-state index < -0.39 is 57.7 Å². The second-order valence-corrected chi connectivity index (χ2v) is 5.01. The van der Waals surface area contributed by atoms with Crippen LogP contribution in [0.1, 0.15) is 5.56 Å². The molecule has 0 amide bonds. The van der Waals surface area contributed by atoms with Crippen LogP contribution in [0.4, 0.5) is 23.2 Å². The molecule has 0 bridgehead atoms. The first-order chi connectivity index (χ1) is 12.5. The first-order valence-electron chi connectivity index (χ1n) is 7.02. The second-order valence-electron chi connectivity index (χ2n) is 5.01. The highest BCUT2D eigenvalue weighted by molar-refractivity contribution is 5.71. The van der Waals surface area contributed by atoms with E-state index in [-0.39, 0.29) is 6.07 Å². The van der Waals surface area contributed by atoms with Gasteiger partial charge >= 0.3 is 17.8 Å². The quantitative estimate of drug-likeness (QED) is 0.337. The maximum atomic E-state index is 14.3. The molecule has 1 heterocycles. The third-order valence-electron chi connectivity index (χ3n) is 3.30. The molecule has 0 spiro atoms. The molecule has 0 saturated heterocycles. The summed E-state index contributed by atoms with van der Waals surface area (Å²) in [6, 6.07) is 1.90. The van der Waals surface area contributed by atoms with E-state index >= 15 is 0 Å². The number of hydrogen-bond donors (Lipinski definition) is 0. The van der Waals surface area contributed by atoms with Crippen LogP contribution in [0, 0.1) is 15.9 Å². The Morgan fingerprint density at radius 3 is 2.48 bits per heavy atom. The number of pyridine rings is 1. The number of hydrogen-bond acceptors (Lipinski definition) is 6. The predicted molar refractivity (Wildman–Crippen MR) is 81.2 cm³/mol. The maximum absolute atomic E-state index is 14.3. The Bertz CT molecular complexity index is 954. The molecular weight excluding hydrogens is 380 g/mol. The van der Waals surface area contributed by atoms with Gasteiger partial charge in [0, 0.05) is 24.4 Å². The lowest BCUT2D eigenvalue weighted by Crippen LogP contribution is -2.21. The SMILES string of the molecule is COC(=O)COc1cc(F)c(-n2ccc(C(F)(F)F)cc2=O)cc1[N+](=O)[O-]. The normalized spacial score (nSPS) is 11.1. The number of aromatic nitrogens is 1. The molecule has 27 heavy (non-hydrogen) atoms. The average Bonchev–Trinajstić information content (AvgIpc) is 2.58. The van der Waals surface area contributed by atoms with Crippen LogP contribution in [0.5, 0.6) is 5.75 Å². The van der Waals surface area contributed by atoms with Gasteiger partial charge in [-0.25, -0.2) is 9.18 Å². The zero-order valence-corrected chi connectivity index (χ0v) is 13.4. The van der Waals surface area contributed by atoms with Crippen molar-refractivity contribution in [3.63, 3.8) is 0 Å². The number of methoxy groups -OCH3 is 1. The van der Waals surface area contributed by atoms with Crippen LogP contribution >= 0.6 is 0 Å². The Hall–Kier alpha value is -3.44. The van der Waals surface area contributed by atoms with Gasteiger partial charge in [0.15, 0.2) is 12.4 Å². The van der Waals surface area contributed by atoms with Crippen molar-refractivity contribution in [3.8, 4) is 11.4 Å². The molecule has 0 unspecified atom stereocenters. The summed E-state index contributed by atoms with van der Waals surface area (Å²) in [5, 5.41) is 11.2. The van der Waals surface area contributed by atoms with Gasteiger partial charge in [-0.05, 0) is 6.07 Å². The van der Waals surface area contributed by atoms with Crippen LogP contribution in [0.3, 0.4) is 0 Å². The number of halogens is 4. The molecule has 0 aliphatic heterocycles. The maximum Gasteiger partial charge on any atom is 0.416 e. The number of nitro groups is 1. The third kappa shape index (κ3) is 4.40. The summed E-state index contributed by atoms with van der Waals surface area (Å²) in [4.78, 5) is 33.1. The van der Waals surface area contributed by atoms with Crippen molar-refractivity contribution in [1.29, 1.82) is 0 Å². The third-order valence-corrected chi connectivity index (χ3v) is 3.30. The number of nitro benzene ring substituents is 1. The van der Waals surface area contributed by atoms with Crippen molar-refractivity contribution in [2.75, 3.05) is 13.7 Å². The number of ether oxygens (including phenoxy) is 2. The minimum atomic E-state index is -4.78. The molecule has 0 radical (unpaired) electrons. The highest BCUT2D eigenvalue weighted by Crippen LogP contribution is 2.32. The van der Waals surface area contributed by atoms with Crippen molar-refractivity contribution in [1.82, 2.24) is 4.57 Å². The lowest BCUT2D eigenvalue weighted by molar-refractivity contribution is -0.385. The highest BCUT2D eigenvalue weighted by Gasteiger charge is 2.31. The molecule has 0 N–H and O–H groups in total. The fourth-order valence-corrected chi connectivity index (χ4v) is 2.03. The largest absolute Gasteiger partial charge is 0.475 e. The molecule has 1 aromatic carbocycles. The Kier molecular flexibility index (Phi) is 5.47. The van der Waals surface area contributed by atoms with E-state index in [1.807, 2.05) is 0 Å². The van der Waals surface area contributed by atoms with E-state index in [1.165, 1.54) is 0 Å². The molecule has 2 aromatic rings. The van der Waals surface area contributed by atoms with Crippen LogP contribution in [0.25, 0.3) is 5.69 Å². The molecule has 144 valence electrons. The van der Waals surface area contributed by atoms with E-state index in [0.29, 0.717) is 29.0 Å². The van der Waals surface area contributed by atoms with Crippen molar-refractivity contribution >= 4 is 11.7 Å². The van der Waals surface area contributed by atoms with Gasteiger partial charge in [0.05, 0.1) is 23.3 Å². The van der Waals surface area contributed by atoms with Crippen LogP contribution < -0.4 is 10.3 Å².